The van der Waals surface area contributed by atoms with Gasteiger partial charge in [-0.1, -0.05) is 31.5 Å². The predicted molar refractivity (Wildman–Crippen MR) is 107 cm³/mol. The Hall–Kier alpha value is -3.79. The SMILES string of the molecule is CCCc1ccc(OCC(=O)Oc2ccc(/C=C(\C#N)C(N)=O)cc2OC)cc1. The number of aryl methyl sites for hydroxylation is 1. The van der Waals surface area contributed by atoms with Gasteiger partial charge in [0, 0.05) is 0 Å². The molecule has 150 valence electrons. The number of methoxy groups -OCH3 is 1. The zero-order valence-corrected chi connectivity index (χ0v) is 16.3. The average Bonchev–Trinajstić information content (AvgIpc) is 2.72. The number of benzene rings is 2. The lowest BCUT2D eigenvalue weighted by Gasteiger charge is -2.11. The Morgan fingerprint density at radius 3 is 2.45 bits per heavy atom. The zero-order valence-electron chi connectivity index (χ0n) is 16.3. The van der Waals surface area contributed by atoms with Crippen molar-refractivity contribution in [3.8, 4) is 23.3 Å². The number of carbonyl (C=O) groups is 2. The van der Waals surface area contributed by atoms with E-state index < -0.39 is 11.9 Å². The summed E-state index contributed by atoms with van der Waals surface area (Å²) in [7, 11) is 1.41. The minimum absolute atomic E-state index is 0.189. The summed E-state index contributed by atoms with van der Waals surface area (Å²) in [6.45, 7) is 1.84. The molecule has 0 aromatic heterocycles. The number of nitrogens with zero attached hydrogens (tertiary/aromatic N) is 1. The minimum Gasteiger partial charge on any atom is -0.493 e. The second kappa shape index (κ2) is 10.5. The topological polar surface area (TPSA) is 112 Å². The molecule has 7 nitrogen and oxygen atoms in total. The van der Waals surface area contributed by atoms with Crippen LogP contribution in [0.1, 0.15) is 24.5 Å². The van der Waals surface area contributed by atoms with Gasteiger partial charge in [0.1, 0.15) is 17.4 Å². The van der Waals surface area contributed by atoms with E-state index in [4.69, 9.17) is 25.2 Å². The lowest BCUT2D eigenvalue weighted by atomic mass is 10.1. The first kappa shape index (κ1) is 21.5. The first-order valence-corrected chi connectivity index (χ1v) is 8.98. The van der Waals surface area contributed by atoms with E-state index in [2.05, 4.69) is 6.92 Å². The van der Waals surface area contributed by atoms with E-state index in [9.17, 15) is 9.59 Å². The van der Waals surface area contributed by atoms with Crippen LogP contribution in [0, 0.1) is 11.3 Å². The maximum absolute atomic E-state index is 12.1. The van der Waals surface area contributed by atoms with E-state index in [0.717, 1.165) is 12.8 Å². The molecule has 0 heterocycles. The number of nitriles is 1. The van der Waals surface area contributed by atoms with Gasteiger partial charge in [-0.3, -0.25) is 4.79 Å². The summed E-state index contributed by atoms with van der Waals surface area (Å²) in [5.41, 5.74) is 6.63. The van der Waals surface area contributed by atoms with Gasteiger partial charge in [-0.05, 0) is 47.9 Å². The van der Waals surface area contributed by atoms with Gasteiger partial charge in [-0.2, -0.15) is 5.26 Å². The molecule has 0 saturated carbocycles. The number of hydrogen-bond acceptors (Lipinski definition) is 6. The Balaban J connectivity index is 2.02. The smallest absolute Gasteiger partial charge is 0.349 e. The van der Waals surface area contributed by atoms with Gasteiger partial charge in [0.2, 0.25) is 0 Å². The van der Waals surface area contributed by atoms with Crippen molar-refractivity contribution in [2.24, 2.45) is 5.73 Å². The molecular weight excluding hydrogens is 372 g/mol. The Labute approximate surface area is 169 Å². The van der Waals surface area contributed by atoms with E-state index in [1.165, 1.54) is 30.9 Å². The fourth-order valence-electron chi connectivity index (χ4n) is 2.52. The fourth-order valence-corrected chi connectivity index (χ4v) is 2.52. The van der Waals surface area contributed by atoms with Crippen LogP contribution < -0.4 is 19.9 Å². The molecule has 0 fully saturated rings. The third kappa shape index (κ3) is 6.40. The largest absolute Gasteiger partial charge is 0.493 e. The van der Waals surface area contributed by atoms with Gasteiger partial charge in [0.25, 0.3) is 5.91 Å². The van der Waals surface area contributed by atoms with Crippen LogP contribution >= 0.6 is 0 Å². The monoisotopic (exact) mass is 394 g/mol. The summed E-state index contributed by atoms with van der Waals surface area (Å²) >= 11 is 0. The maximum Gasteiger partial charge on any atom is 0.349 e. The Morgan fingerprint density at radius 1 is 1.14 bits per heavy atom. The van der Waals surface area contributed by atoms with E-state index >= 15 is 0 Å². The summed E-state index contributed by atoms with van der Waals surface area (Å²) in [6.07, 6.45) is 3.37. The van der Waals surface area contributed by atoms with Crippen molar-refractivity contribution in [3.05, 3.63) is 59.2 Å². The first-order valence-electron chi connectivity index (χ1n) is 8.98. The highest BCUT2D eigenvalue weighted by molar-refractivity contribution is 6.00. The second-order valence-electron chi connectivity index (χ2n) is 6.10. The molecular formula is C22H22N2O5. The molecule has 0 unspecified atom stereocenters. The highest BCUT2D eigenvalue weighted by Crippen LogP contribution is 2.29. The van der Waals surface area contributed by atoms with Gasteiger partial charge in [-0.25, -0.2) is 4.79 Å². The number of primary amides is 1. The molecule has 1 amide bonds. The molecule has 7 heteroatoms. The van der Waals surface area contributed by atoms with Gasteiger partial charge >= 0.3 is 5.97 Å². The molecule has 2 N–H and O–H groups in total. The third-order valence-corrected chi connectivity index (χ3v) is 3.93. The second-order valence-corrected chi connectivity index (χ2v) is 6.10. The molecule has 0 saturated heterocycles. The highest BCUT2D eigenvalue weighted by atomic mass is 16.6. The summed E-state index contributed by atoms with van der Waals surface area (Å²) in [4.78, 5) is 23.3. The molecule has 2 aromatic rings. The summed E-state index contributed by atoms with van der Waals surface area (Å²) in [5.74, 6) is -0.405. The fraction of sp³-hybridized carbons (Fsp3) is 0.227. The Morgan fingerprint density at radius 2 is 1.86 bits per heavy atom. The van der Waals surface area contributed by atoms with Crippen LogP contribution in [0.25, 0.3) is 6.08 Å². The van der Waals surface area contributed by atoms with Crippen LogP contribution in [0.5, 0.6) is 17.2 Å². The van der Waals surface area contributed by atoms with Gasteiger partial charge in [0.05, 0.1) is 7.11 Å². The molecule has 0 radical (unpaired) electrons. The van der Waals surface area contributed by atoms with Gasteiger partial charge < -0.3 is 19.9 Å². The molecule has 0 aliphatic heterocycles. The van der Waals surface area contributed by atoms with Gasteiger partial charge in [0.15, 0.2) is 18.1 Å². The van der Waals surface area contributed by atoms with Crippen LogP contribution in [-0.2, 0) is 16.0 Å². The van der Waals surface area contributed by atoms with Crippen LogP contribution in [0.2, 0.25) is 0 Å². The van der Waals surface area contributed by atoms with Crippen molar-refractivity contribution in [3.63, 3.8) is 0 Å². The van der Waals surface area contributed by atoms with E-state index in [0.29, 0.717) is 11.3 Å². The highest BCUT2D eigenvalue weighted by Gasteiger charge is 2.12. The first-order chi connectivity index (χ1) is 14.0. The summed E-state index contributed by atoms with van der Waals surface area (Å²) in [6, 6.07) is 13.9. The molecule has 0 aliphatic carbocycles. The standard InChI is InChI=1S/C22H22N2O5/c1-3-4-15-5-8-18(9-6-15)28-14-21(25)29-19-10-7-16(12-20(19)27-2)11-17(13-23)22(24)26/h5-12H,3-4,14H2,1-2H3,(H2,24,26)/b17-11+. The number of nitrogens with two attached hydrogens (primary N) is 1. The molecule has 0 spiro atoms. The van der Waals surface area contributed by atoms with Gasteiger partial charge in [-0.15, -0.1) is 0 Å². The van der Waals surface area contributed by atoms with Crippen molar-refractivity contribution in [1.82, 2.24) is 0 Å². The number of amides is 1. The van der Waals surface area contributed by atoms with Crippen LogP contribution in [0.4, 0.5) is 0 Å². The summed E-state index contributed by atoms with van der Waals surface area (Å²) < 4.78 is 16.0. The number of hydrogen-bond donors (Lipinski definition) is 1. The molecule has 2 aromatic carbocycles. The molecule has 0 bridgehead atoms. The van der Waals surface area contributed by atoms with Crippen LogP contribution in [0.3, 0.4) is 0 Å². The lowest BCUT2D eigenvalue weighted by Crippen LogP contribution is -2.18. The number of esters is 1. The van der Waals surface area contributed by atoms with Crippen molar-refractivity contribution >= 4 is 18.0 Å². The zero-order chi connectivity index (χ0) is 21.2. The van der Waals surface area contributed by atoms with Crippen molar-refractivity contribution in [2.75, 3.05) is 13.7 Å². The number of ether oxygens (including phenoxy) is 3. The Bertz CT molecular complexity index is 943. The summed E-state index contributed by atoms with van der Waals surface area (Å²) in [5, 5.41) is 8.92. The van der Waals surface area contributed by atoms with E-state index in [1.807, 2.05) is 24.3 Å². The lowest BCUT2D eigenvalue weighted by molar-refractivity contribution is -0.136. The third-order valence-electron chi connectivity index (χ3n) is 3.93. The van der Waals surface area contributed by atoms with Crippen LogP contribution in [-0.4, -0.2) is 25.6 Å². The maximum atomic E-state index is 12.1. The normalized spacial score (nSPS) is 10.7. The molecule has 29 heavy (non-hydrogen) atoms. The van der Waals surface area contributed by atoms with Crippen LogP contribution in [0.15, 0.2) is 48.0 Å². The predicted octanol–water partition coefficient (Wildman–Crippen LogP) is 3.02. The minimum atomic E-state index is -0.832. The molecule has 0 aliphatic rings. The van der Waals surface area contributed by atoms with E-state index in [1.54, 1.807) is 12.1 Å². The number of carbonyl (C=O) groups excluding carboxylic acids is 2. The van der Waals surface area contributed by atoms with E-state index in [-0.39, 0.29) is 23.7 Å². The van der Waals surface area contributed by atoms with Crippen molar-refractivity contribution < 1.29 is 23.8 Å². The Kier molecular flexibility index (Phi) is 7.80. The van der Waals surface area contributed by atoms with Crippen molar-refractivity contribution in [1.29, 1.82) is 5.26 Å². The average molecular weight is 394 g/mol. The molecule has 0 atom stereocenters. The quantitative estimate of drug-likeness (QED) is 0.303. The molecule has 2 rings (SSSR count). The number of rotatable bonds is 9. The van der Waals surface area contributed by atoms with Crippen molar-refractivity contribution in [2.45, 2.75) is 19.8 Å².